The number of rotatable bonds is 15. The quantitative estimate of drug-likeness (QED) is 0.0835. The molecule has 1 aromatic rings. The van der Waals surface area contributed by atoms with Crippen molar-refractivity contribution < 1.29 is 14.3 Å². The fraction of sp³-hybridized carbons (Fsp3) is 0.791. The molecule has 0 aromatic heterocycles. The van der Waals surface area contributed by atoms with Gasteiger partial charge in [-0.1, -0.05) is 123 Å². The van der Waals surface area contributed by atoms with Crippen molar-refractivity contribution in [2.45, 2.75) is 170 Å². The van der Waals surface area contributed by atoms with Crippen LogP contribution in [0.15, 0.2) is 35.9 Å². The Labute approximate surface area is 283 Å². The third-order valence-corrected chi connectivity index (χ3v) is 13.7. The maximum Gasteiger partial charge on any atom is 0.514 e. The lowest BCUT2D eigenvalue weighted by atomic mass is 9.47. The fourth-order valence-electron chi connectivity index (χ4n) is 11.0. The molecule has 0 bridgehead atoms. The first-order valence-electron chi connectivity index (χ1n) is 19.8. The highest BCUT2D eigenvalue weighted by Gasteiger charge is 2.59. The minimum atomic E-state index is -0.546. The molecule has 4 aliphatic carbocycles. The van der Waals surface area contributed by atoms with Gasteiger partial charge in [-0.25, -0.2) is 4.79 Å². The molecule has 0 saturated heterocycles. The number of carbonyl (C=O) groups excluding carboxylic acids is 1. The third kappa shape index (κ3) is 8.26. The zero-order valence-corrected chi connectivity index (χ0v) is 30.6. The number of aryl methyl sites for hydroxylation is 1. The summed E-state index contributed by atoms with van der Waals surface area (Å²) in [5.41, 5.74) is 3.67. The zero-order chi connectivity index (χ0) is 32.7. The molecule has 0 amide bonds. The Morgan fingerprint density at radius 3 is 2.33 bits per heavy atom. The van der Waals surface area contributed by atoms with Crippen LogP contribution in [0.25, 0.3) is 0 Å². The third-order valence-electron chi connectivity index (χ3n) is 13.7. The summed E-state index contributed by atoms with van der Waals surface area (Å²) in [5.74, 6) is 5.67. The Balaban J connectivity index is 1.09. The molecular formula is C43H68O3. The lowest BCUT2D eigenvalue weighted by Gasteiger charge is -2.58. The molecule has 8 atom stereocenters. The van der Waals surface area contributed by atoms with Crippen molar-refractivity contribution in [1.82, 2.24) is 0 Å². The Bertz CT molecular complexity index is 1140. The van der Waals surface area contributed by atoms with Gasteiger partial charge >= 0.3 is 6.16 Å². The van der Waals surface area contributed by atoms with Crippen LogP contribution in [0.2, 0.25) is 0 Å². The van der Waals surface area contributed by atoms with Gasteiger partial charge in [-0.2, -0.15) is 0 Å². The Hall–Kier alpha value is -1.77. The standard InChI is InChI=1S/C43H68O3/c1-7-8-9-10-11-12-13-17-33-18-21-35(22-19-33)45-41(44)46-36-26-28-42(5)34(30-36)20-23-37-39-25-24-38(32(4)16-14-15-31(2)3)43(39,6)29-27-40(37)42/h18-22,31-32,36-40H,7-17,23-30H2,1-6H3/t32-,36+,37+,38-,39-,40+,42+,43-/m1/s1. The summed E-state index contributed by atoms with van der Waals surface area (Å²) in [6, 6.07) is 8.06. The van der Waals surface area contributed by atoms with Crippen LogP contribution in [0.4, 0.5) is 4.79 Å². The number of fused-ring (bicyclic) bond motifs is 5. The van der Waals surface area contributed by atoms with E-state index < -0.39 is 6.16 Å². The summed E-state index contributed by atoms with van der Waals surface area (Å²) >= 11 is 0. The van der Waals surface area contributed by atoms with E-state index in [1.807, 2.05) is 12.1 Å². The molecule has 0 heterocycles. The number of allylic oxidation sites excluding steroid dienone is 1. The SMILES string of the molecule is CCCCCCCCCc1ccc(OC(=O)O[C@H]2CC[C@@]3(C)C(=CC[C@H]4[C@H]5CC[C@H]([C@H](C)CCCC(C)C)[C@@]5(C)CC[C@@H]43)C2)cc1. The summed E-state index contributed by atoms with van der Waals surface area (Å²) in [6.07, 6.45) is 26.4. The molecule has 3 nitrogen and oxygen atoms in total. The molecular weight excluding hydrogens is 564 g/mol. The second-order valence-corrected chi connectivity index (χ2v) is 17.1. The van der Waals surface area contributed by atoms with E-state index in [1.165, 1.54) is 102 Å². The molecule has 5 rings (SSSR count). The van der Waals surface area contributed by atoms with Gasteiger partial charge in [-0.05, 0) is 122 Å². The monoisotopic (exact) mass is 633 g/mol. The highest BCUT2D eigenvalue weighted by molar-refractivity contribution is 5.64. The molecule has 0 radical (unpaired) electrons. The van der Waals surface area contributed by atoms with Crippen LogP contribution >= 0.6 is 0 Å². The normalized spacial score (nSPS) is 32.7. The number of benzene rings is 1. The minimum absolute atomic E-state index is 0.0728. The van der Waals surface area contributed by atoms with Crippen molar-refractivity contribution in [3.8, 4) is 5.75 Å². The second kappa shape index (κ2) is 16.1. The zero-order valence-electron chi connectivity index (χ0n) is 30.6. The first-order valence-corrected chi connectivity index (χ1v) is 19.8. The lowest BCUT2D eigenvalue weighted by Crippen LogP contribution is -2.51. The second-order valence-electron chi connectivity index (χ2n) is 17.1. The summed E-state index contributed by atoms with van der Waals surface area (Å²) in [4.78, 5) is 12.8. The summed E-state index contributed by atoms with van der Waals surface area (Å²) in [6.45, 7) is 14.8. The van der Waals surface area contributed by atoms with Gasteiger partial charge < -0.3 is 9.47 Å². The van der Waals surface area contributed by atoms with Crippen molar-refractivity contribution in [2.24, 2.45) is 46.3 Å². The summed E-state index contributed by atoms with van der Waals surface area (Å²) < 4.78 is 11.6. The van der Waals surface area contributed by atoms with Crippen LogP contribution in [0, 0.1) is 46.3 Å². The number of hydrogen-bond acceptors (Lipinski definition) is 3. The molecule has 0 aliphatic heterocycles. The van der Waals surface area contributed by atoms with Crippen LogP contribution in [0.5, 0.6) is 5.75 Å². The van der Waals surface area contributed by atoms with Gasteiger partial charge in [0.25, 0.3) is 0 Å². The van der Waals surface area contributed by atoms with E-state index in [1.54, 1.807) is 5.57 Å². The van der Waals surface area contributed by atoms with Crippen molar-refractivity contribution in [2.75, 3.05) is 0 Å². The van der Waals surface area contributed by atoms with Gasteiger partial charge in [0.15, 0.2) is 0 Å². The van der Waals surface area contributed by atoms with E-state index in [0.29, 0.717) is 11.2 Å². The van der Waals surface area contributed by atoms with Crippen molar-refractivity contribution >= 4 is 6.16 Å². The molecule has 3 heteroatoms. The molecule has 0 spiro atoms. The Kier molecular flexibility index (Phi) is 12.4. The minimum Gasteiger partial charge on any atom is -0.430 e. The molecule has 258 valence electrons. The van der Waals surface area contributed by atoms with E-state index in [4.69, 9.17) is 9.47 Å². The van der Waals surface area contributed by atoms with E-state index in [0.717, 1.165) is 61.2 Å². The van der Waals surface area contributed by atoms with Gasteiger partial charge in [0, 0.05) is 6.42 Å². The smallest absolute Gasteiger partial charge is 0.430 e. The molecule has 46 heavy (non-hydrogen) atoms. The van der Waals surface area contributed by atoms with Gasteiger partial charge in [-0.15, -0.1) is 0 Å². The molecule has 3 fully saturated rings. The fourth-order valence-corrected chi connectivity index (χ4v) is 11.0. The highest BCUT2D eigenvalue weighted by atomic mass is 16.7. The van der Waals surface area contributed by atoms with E-state index in [9.17, 15) is 4.79 Å². The van der Waals surface area contributed by atoms with Crippen LogP contribution in [0.1, 0.15) is 163 Å². The maximum atomic E-state index is 12.8. The van der Waals surface area contributed by atoms with Crippen molar-refractivity contribution in [3.05, 3.63) is 41.5 Å². The molecule has 0 N–H and O–H groups in total. The van der Waals surface area contributed by atoms with E-state index >= 15 is 0 Å². The Morgan fingerprint density at radius 2 is 1.59 bits per heavy atom. The predicted octanol–water partition coefficient (Wildman–Crippen LogP) is 12.9. The predicted molar refractivity (Wildman–Crippen MR) is 192 cm³/mol. The first kappa shape index (κ1) is 35.5. The van der Waals surface area contributed by atoms with Crippen LogP contribution in [-0.4, -0.2) is 12.3 Å². The van der Waals surface area contributed by atoms with Crippen LogP contribution < -0.4 is 4.74 Å². The van der Waals surface area contributed by atoms with E-state index in [2.05, 4.69) is 59.8 Å². The van der Waals surface area contributed by atoms with Gasteiger partial charge in [0.05, 0.1) is 0 Å². The summed E-state index contributed by atoms with van der Waals surface area (Å²) in [5, 5.41) is 0. The largest absolute Gasteiger partial charge is 0.514 e. The molecule has 1 aromatic carbocycles. The number of unbranched alkanes of at least 4 members (excludes halogenated alkanes) is 6. The number of ether oxygens (including phenoxy) is 2. The number of carbonyl (C=O) groups is 1. The average Bonchev–Trinajstić information content (AvgIpc) is 3.38. The van der Waals surface area contributed by atoms with E-state index in [-0.39, 0.29) is 11.5 Å². The highest BCUT2D eigenvalue weighted by Crippen LogP contribution is 2.67. The lowest BCUT2D eigenvalue weighted by molar-refractivity contribution is -0.0597. The van der Waals surface area contributed by atoms with Crippen LogP contribution in [-0.2, 0) is 11.2 Å². The number of hydrogen-bond donors (Lipinski definition) is 0. The average molecular weight is 633 g/mol. The maximum absolute atomic E-state index is 12.8. The Morgan fingerprint density at radius 1 is 0.848 bits per heavy atom. The molecule has 0 unspecified atom stereocenters. The van der Waals surface area contributed by atoms with Gasteiger partial charge in [0.1, 0.15) is 11.9 Å². The topological polar surface area (TPSA) is 35.5 Å². The van der Waals surface area contributed by atoms with Crippen LogP contribution in [0.3, 0.4) is 0 Å². The first-order chi connectivity index (χ1) is 22.1. The van der Waals surface area contributed by atoms with Crippen molar-refractivity contribution in [3.63, 3.8) is 0 Å². The molecule has 4 aliphatic rings. The van der Waals surface area contributed by atoms with Gasteiger partial charge in [0.2, 0.25) is 0 Å². The molecule has 3 saturated carbocycles. The van der Waals surface area contributed by atoms with Crippen molar-refractivity contribution in [1.29, 1.82) is 0 Å². The van der Waals surface area contributed by atoms with Gasteiger partial charge in [-0.3, -0.25) is 0 Å². The summed E-state index contributed by atoms with van der Waals surface area (Å²) in [7, 11) is 0.